The van der Waals surface area contributed by atoms with E-state index >= 15 is 0 Å². The molecule has 0 unspecified atom stereocenters. The first-order valence-corrected chi connectivity index (χ1v) is 5.78. The summed E-state index contributed by atoms with van der Waals surface area (Å²) >= 11 is 5.77. The fourth-order valence-electron chi connectivity index (χ4n) is 1.69. The number of nitrogens with zero attached hydrogens (tertiary/aromatic N) is 1. The predicted octanol–water partition coefficient (Wildman–Crippen LogP) is 2.79. The molecule has 1 aromatic carbocycles. The minimum atomic E-state index is -0.184. The van der Waals surface area contributed by atoms with Crippen molar-refractivity contribution in [2.75, 3.05) is 12.8 Å². The van der Waals surface area contributed by atoms with Crippen LogP contribution in [0.5, 0.6) is 0 Å². The zero-order valence-electron chi connectivity index (χ0n) is 9.89. The highest BCUT2D eigenvalue weighted by molar-refractivity contribution is 6.32. The van der Waals surface area contributed by atoms with Gasteiger partial charge in [-0.25, -0.2) is 0 Å². The summed E-state index contributed by atoms with van der Waals surface area (Å²) < 4.78 is 4.90. The number of nitrogen functional groups attached to an aromatic ring is 1. The van der Waals surface area contributed by atoms with E-state index in [2.05, 4.69) is 0 Å². The molecule has 5 heteroatoms. The molecule has 0 saturated heterocycles. The van der Waals surface area contributed by atoms with Gasteiger partial charge in [0.15, 0.2) is 0 Å². The minimum Gasteiger partial charge on any atom is -0.452 e. The van der Waals surface area contributed by atoms with Gasteiger partial charge < -0.3 is 15.1 Å². The summed E-state index contributed by atoms with van der Waals surface area (Å²) in [5.41, 5.74) is 7.69. The van der Waals surface area contributed by atoms with Gasteiger partial charge in [0.1, 0.15) is 0 Å². The van der Waals surface area contributed by atoms with Crippen LogP contribution >= 0.6 is 11.6 Å². The van der Waals surface area contributed by atoms with Crippen molar-refractivity contribution in [2.45, 2.75) is 6.54 Å². The zero-order chi connectivity index (χ0) is 13.1. The van der Waals surface area contributed by atoms with E-state index in [1.807, 2.05) is 18.2 Å². The van der Waals surface area contributed by atoms with Gasteiger partial charge in [-0.3, -0.25) is 4.79 Å². The number of anilines is 1. The van der Waals surface area contributed by atoms with Crippen LogP contribution in [-0.2, 0) is 6.54 Å². The number of halogens is 1. The lowest BCUT2D eigenvalue weighted by Gasteiger charge is -2.16. The molecule has 0 aliphatic heterocycles. The van der Waals surface area contributed by atoms with Crippen LogP contribution in [-0.4, -0.2) is 17.9 Å². The fraction of sp³-hybridized carbons (Fsp3) is 0.154. The van der Waals surface area contributed by atoms with Crippen molar-refractivity contribution in [3.63, 3.8) is 0 Å². The molecular formula is C13H13ClN2O2. The lowest BCUT2D eigenvalue weighted by atomic mass is 10.2. The number of carbonyl (C=O) groups is 1. The van der Waals surface area contributed by atoms with Crippen LogP contribution in [0.15, 0.2) is 41.0 Å². The van der Waals surface area contributed by atoms with Crippen molar-refractivity contribution >= 4 is 23.2 Å². The predicted molar refractivity (Wildman–Crippen MR) is 70.4 cm³/mol. The first-order chi connectivity index (χ1) is 8.58. The maximum atomic E-state index is 12.1. The molecule has 4 nitrogen and oxygen atoms in total. The molecule has 0 atom stereocenters. The second-order valence-corrected chi connectivity index (χ2v) is 4.36. The summed E-state index contributed by atoms with van der Waals surface area (Å²) in [7, 11) is 1.70. The third-order valence-corrected chi connectivity index (χ3v) is 2.86. The second-order valence-electron chi connectivity index (χ2n) is 4.01. The minimum absolute atomic E-state index is 0.111. The summed E-state index contributed by atoms with van der Waals surface area (Å²) in [6.45, 7) is 0.464. The number of hydrogen-bond acceptors (Lipinski definition) is 3. The lowest BCUT2D eigenvalue weighted by Crippen LogP contribution is -2.26. The molecule has 0 saturated carbocycles. The molecule has 94 valence electrons. The number of nitrogens with two attached hydrogens (primary N) is 1. The van der Waals surface area contributed by atoms with Gasteiger partial charge in [-0.1, -0.05) is 12.1 Å². The Balaban J connectivity index is 2.11. The summed E-state index contributed by atoms with van der Waals surface area (Å²) in [4.78, 5) is 13.6. The molecular weight excluding hydrogens is 252 g/mol. The molecule has 0 aliphatic carbocycles. The Morgan fingerprint density at radius 3 is 2.83 bits per heavy atom. The largest absolute Gasteiger partial charge is 0.452 e. The van der Waals surface area contributed by atoms with Crippen molar-refractivity contribution in [1.29, 1.82) is 0 Å². The van der Waals surface area contributed by atoms with Crippen LogP contribution in [0.4, 0.5) is 5.69 Å². The Labute approximate surface area is 110 Å². The third-order valence-electron chi connectivity index (χ3n) is 2.57. The first-order valence-electron chi connectivity index (χ1n) is 5.41. The van der Waals surface area contributed by atoms with E-state index in [-0.39, 0.29) is 11.1 Å². The Morgan fingerprint density at radius 1 is 1.44 bits per heavy atom. The molecule has 0 radical (unpaired) electrons. The van der Waals surface area contributed by atoms with Gasteiger partial charge in [0.25, 0.3) is 5.91 Å². The number of benzene rings is 1. The molecule has 0 bridgehead atoms. The molecule has 18 heavy (non-hydrogen) atoms. The zero-order valence-corrected chi connectivity index (χ0v) is 10.6. The number of furan rings is 1. The van der Waals surface area contributed by atoms with Crippen LogP contribution < -0.4 is 5.73 Å². The number of carbonyl (C=O) groups excluding carboxylic acids is 1. The highest BCUT2D eigenvalue weighted by Gasteiger charge is 2.17. The summed E-state index contributed by atoms with van der Waals surface area (Å²) in [5, 5.41) is 0.111. The van der Waals surface area contributed by atoms with E-state index in [9.17, 15) is 4.79 Å². The Bertz CT molecular complexity index is 566. The molecule has 2 rings (SSSR count). The monoisotopic (exact) mass is 264 g/mol. The van der Waals surface area contributed by atoms with Crippen LogP contribution in [0.1, 0.15) is 15.9 Å². The van der Waals surface area contributed by atoms with Crippen molar-refractivity contribution in [3.05, 3.63) is 52.9 Å². The lowest BCUT2D eigenvalue weighted by molar-refractivity contribution is 0.0784. The third kappa shape index (κ3) is 2.65. The molecule has 1 heterocycles. The van der Waals surface area contributed by atoms with Crippen LogP contribution in [0.3, 0.4) is 0 Å². The maximum absolute atomic E-state index is 12.1. The quantitative estimate of drug-likeness (QED) is 0.867. The van der Waals surface area contributed by atoms with Crippen molar-refractivity contribution in [1.82, 2.24) is 4.90 Å². The number of rotatable bonds is 3. The molecule has 1 amide bonds. The summed E-state index contributed by atoms with van der Waals surface area (Å²) in [6.07, 6.45) is 1.39. The fourth-order valence-corrected chi connectivity index (χ4v) is 1.88. The van der Waals surface area contributed by atoms with Gasteiger partial charge in [-0.15, -0.1) is 0 Å². The van der Waals surface area contributed by atoms with E-state index in [1.54, 1.807) is 24.1 Å². The summed E-state index contributed by atoms with van der Waals surface area (Å²) in [5.74, 6) is -0.184. The van der Waals surface area contributed by atoms with Crippen LogP contribution in [0, 0.1) is 0 Å². The first kappa shape index (κ1) is 12.5. The Hall–Kier alpha value is -1.94. The average Bonchev–Trinajstić information content (AvgIpc) is 2.74. The molecule has 2 aromatic rings. The normalized spacial score (nSPS) is 10.3. The second kappa shape index (κ2) is 5.14. The van der Waals surface area contributed by atoms with Crippen molar-refractivity contribution in [3.8, 4) is 0 Å². The van der Waals surface area contributed by atoms with Gasteiger partial charge in [-0.05, 0) is 35.4 Å². The molecule has 0 aliphatic rings. The average molecular weight is 265 g/mol. The topological polar surface area (TPSA) is 59.5 Å². The highest BCUT2D eigenvalue weighted by atomic mass is 35.5. The molecule has 2 N–H and O–H groups in total. The van der Waals surface area contributed by atoms with Crippen LogP contribution in [0.25, 0.3) is 0 Å². The standard InChI is InChI=1S/C13H13ClN2O2/c1-16(8-9-3-2-4-10(15)7-9)13(17)11-5-6-18-12(11)14/h2-7H,8,15H2,1H3. The van der Waals surface area contributed by atoms with Gasteiger partial charge in [-0.2, -0.15) is 0 Å². The maximum Gasteiger partial charge on any atom is 0.258 e. The molecule has 1 aromatic heterocycles. The van der Waals surface area contributed by atoms with E-state index in [1.165, 1.54) is 6.26 Å². The highest BCUT2D eigenvalue weighted by Crippen LogP contribution is 2.19. The van der Waals surface area contributed by atoms with Gasteiger partial charge in [0, 0.05) is 19.3 Å². The van der Waals surface area contributed by atoms with E-state index in [0.717, 1.165) is 5.56 Å². The smallest absolute Gasteiger partial charge is 0.258 e. The van der Waals surface area contributed by atoms with Gasteiger partial charge in [0.05, 0.1) is 11.8 Å². The van der Waals surface area contributed by atoms with Gasteiger partial charge >= 0.3 is 0 Å². The molecule has 0 spiro atoms. The number of amides is 1. The summed E-state index contributed by atoms with van der Waals surface area (Å²) in [6, 6.07) is 8.96. The number of hydrogen-bond donors (Lipinski definition) is 1. The Morgan fingerprint density at radius 2 is 2.22 bits per heavy atom. The molecule has 0 fully saturated rings. The van der Waals surface area contributed by atoms with Crippen molar-refractivity contribution < 1.29 is 9.21 Å². The van der Waals surface area contributed by atoms with E-state index < -0.39 is 0 Å². The Kier molecular flexibility index (Phi) is 3.58. The van der Waals surface area contributed by atoms with Crippen LogP contribution in [0.2, 0.25) is 5.22 Å². The van der Waals surface area contributed by atoms with E-state index in [4.69, 9.17) is 21.8 Å². The van der Waals surface area contributed by atoms with E-state index in [0.29, 0.717) is 17.8 Å². The van der Waals surface area contributed by atoms with Crippen molar-refractivity contribution in [2.24, 2.45) is 0 Å². The van der Waals surface area contributed by atoms with Gasteiger partial charge in [0.2, 0.25) is 5.22 Å². The SMILES string of the molecule is CN(Cc1cccc(N)c1)C(=O)c1ccoc1Cl.